The standard InChI is InChI=1S/C16H14Cl3F/c17-10-13(6-11-2-1-3-14(18)8-11)7-12-4-5-15(19)16(20)9-12/h1-5,8-9,13H,6-7,10H2. The van der Waals surface area contributed by atoms with Crippen LogP contribution in [0.25, 0.3) is 0 Å². The SMILES string of the molecule is Fc1cc(CC(CCl)Cc2cccc(Cl)c2)ccc1Cl. The molecule has 0 N–H and O–H groups in total. The van der Waals surface area contributed by atoms with E-state index >= 15 is 0 Å². The van der Waals surface area contributed by atoms with E-state index in [0.29, 0.717) is 17.3 Å². The first-order chi connectivity index (χ1) is 9.58. The molecule has 0 nitrogen and oxygen atoms in total. The van der Waals surface area contributed by atoms with Crippen LogP contribution in [-0.4, -0.2) is 5.88 Å². The fourth-order valence-corrected chi connectivity index (χ4v) is 2.73. The Labute approximate surface area is 133 Å². The van der Waals surface area contributed by atoms with Gasteiger partial charge < -0.3 is 0 Å². The van der Waals surface area contributed by atoms with Crippen molar-refractivity contribution in [3.63, 3.8) is 0 Å². The van der Waals surface area contributed by atoms with Crippen LogP contribution in [0.2, 0.25) is 10.0 Å². The molecule has 0 fully saturated rings. The number of hydrogen-bond acceptors (Lipinski definition) is 0. The minimum absolute atomic E-state index is 0.144. The van der Waals surface area contributed by atoms with Crippen molar-refractivity contribution in [2.45, 2.75) is 12.8 Å². The van der Waals surface area contributed by atoms with Crippen LogP contribution in [0.4, 0.5) is 4.39 Å². The number of hydrogen-bond donors (Lipinski definition) is 0. The Morgan fingerprint density at radius 3 is 2.25 bits per heavy atom. The van der Waals surface area contributed by atoms with Crippen LogP contribution in [0.3, 0.4) is 0 Å². The third-order valence-electron chi connectivity index (χ3n) is 3.14. The van der Waals surface area contributed by atoms with Crippen LogP contribution in [0.5, 0.6) is 0 Å². The van der Waals surface area contributed by atoms with E-state index in [9.17, 15) is 4.39 Å². The topological polar surface area (TPSA) is 0 Å². The largest absolute Gasteiger partial charge is 0.205 e. The van der Waals surface area contributed by atoms with Gasteiger partial charge in [0.05, 0.1) is 5.02 Å². The first-order valence-electron chi connectivity index (χ1n) is 6.33. The maximum absolute atomic E-state index is 13.4. The van der Waals surface area contributed by atoms with Crippen molar-refractivity contribution in [2.75, 3.05) is 5.88 Å². The van der Waals surface area contributed by atoms with Gasteiger partial charge in [-0.05, 0) is 54.2 Å². The Hall–Kier alpha value is -0.760. The Balaban J connectivity index is 2.07. The van der Waals surface area contributed by atoms with Crippen molar-refractivity contribution in [2.24, 2.45) is 5.92 Å². The van der Waals surface area contributed by atoms with Crippen molar-refractivity contribution in [1.82, 2.24) is 0 Å². The van der Waals surface area contributed by atoms with Gasteiger partial charge in [-0.1, -0.05) is 41.4 Å². The summed E-state index contributed by atoms with van der Waals surface area (Å²) >= 11 is 17.7. The summed E-state index contributed by atoms with van der Waals surface area (Å²) in [5.41, 5.74) is 2.04. The summed E-state index contributed by atoms with van der Waals surface area (Å²) in [6.45, 7) is 0. The summed E-state index contributed by atoms with van der Waals surface area (Å²) in [6, 6.07) is 12.6. The Morgan fingerprint density at radius 1 is 0.950 bits per heavy atom. The molecule has 20 heavy (non-hydrogen) atoms. The third-order valence-corrected chi connectivity index (χ3v) is 4.12. The maximum atomic E-state index is 13.4. The highest BCUT2D eigenvalue weighted by Gasteiger charge is 2.11. The van der Waals surface area contributed by atoms with Crippen molar-refractivity contribution in [3.05, 3.63) is 69.5 Å². The van der Waals surface area contributed by atoms with E-state index in [1.54, 1.807) is 6.07 Å². The van der Waals surface area contributed by atoms with Crippen LogP contribution < -0.4 is 0 Å². The molecule has 4 heteroatoms. The number of benzene rings is 2. The Kier molecular flexibility index (Phi) is 5.71. The zero-order chi connectivity index (χ0) is 14.5. The fourth-order valence-electron chi connectivity index (χ4n) is 2.18. The maximum Gasteiger partial charge on any atom is 0.142 e. The van der Waals surface area contributed by atoms with Gasteiger partial charge in [-0.15, -0.1) is 11.6 Å². The van der Waals surface area contributed by atoms with E-state index in [-0.39, 0.29) is 16.8 Å². The monoisotopic (exact) mass is 330 g/mol. The minimum atomic E-state index is -0.389. The van der Waals surface area contributed by atoms with Gasteiger partial charge >= 0.3 is 0 Å². The van der Waals surface area contributed by atoms with E-state index in [1.165, 1.54) is 6.07 Å². The van der Waals surface area contributed by atoms with Crippen LogP contribution >= 0.6 is 34.8 Å². The predicted octanol–water partition coefficient (Wildman–Crippen LogP) is 5.77. The quantitative estimate of drug-likeness (QED) is 0.610. The van der Waals surface area contributed by atoms with Gasteiger partial charge in [0.2, 0.25) is 0 Å². The molecule has 0 amide bonds. The molecule has 0 aliphatic carbocycles. The first-order valence-corrected chi connectivity index (χ1v) is 7.62. The number of alkyl halides is 1. The third kappa shape index (κ3) is 4.37. The van der Waals surface area contributed by atoms with Crippen LogP contribution in [-0.2, 0) is 12.8 Å². The molecule has 0 heterocycles. The zero-order valence-electron chi connectivity index (χ0n) is 10.8. The lowest BCUT2D eigenvalue weighted by Gasteiger charge is -2.14. The van der Waals surface area contributed by atoms with Gasteiger partial charge in [-0.25, -0.2) is 4.39 Å². The van der Waals surface area contributed by atoms with Crippen LogP contribution in [0.15, 0.2) is 42.5 Å². The molecular formula is C16H14Cl3F. The van der Waals surface area contributed by atoms with Crippen LogP contribution in [0, 0.1) is 11.7 Å². The molecule has 0 saturated carbocycles. The highest BCUT2D eigenvalue weighted by molar-refractivity contribution is 6.31. The summed E-state index contributed by atoms with van der Waals surface area (Å²) in [5.74, 6) is 0.354. The molecule has 0 aromatic heterocycles. The van der Waals surface area contributed by atoms with E-state index in [1.807, 2.05) is 30.3 Å². The molecule has 0 radical (unpaired) electrons. The smallest absolute Gasteiger partial charge is 0.142 e. The lowest BCUT2D eigenvalue weighted by atomic mass is 9.94. The molecule has 2 aromatic rings. The second-order valence-corrected chi connectivity index (χ2v) is 5.96. The molecule has 0 aliphatic heterocycles. The molecule has 106 valence electrons. The van der Waals surface area contributed by atoms with Gasteiger partial charge in [0, 0.05) is 10.9 Å². The molecule has 2 rings (SSSR count). The minimum Gasteiger partial charge on any atom is -0.205 e. The molecule has 0 bridgehead atoms. The van der Waals surface area contributed by atoms with Gasteiger partial charge in [-0.3, -0.25) is 0 Å². The lowest BCUT2D eigenvalue weighted by Crippen LogP contribution is -2.10. The Bertz CT molecular complexity index is 584. The summed E-state index contributed by atoms with van der Waals surface area (Å²) in [7, 11) is 0. The van der Waals surface area contributed by atoms with Crippen molar-refractivity contribution in [1.29, 1.82) is 0 Å². The molecule has 1 atom stereocenters. The number of halogens is 4. The van der Waals surface area contributed by atoms with E-state index < -0.39 is 0 Å². The molecule has 1 unspecified atom stereocenters. The lowest BCUT2D eigenvalue weighted by molar-refractivity contribution is 0.576. The normalized spacial score (nSPS) is 12.4. The molecule has 0 aliphatic rings. The first kappa shape index (κ1) is 15.6. The van der Waals surface area contributed by atoms with E-state index in [2.05, 4.69) is 0 Å². The van der Waals surface area contributed by atoms with E-state index in [4.69, 9.17) is 34.8 Å². The summed E-state index contributed by atoms with van der Waals surface area (Å²) in [5, 5.41) is 0.861. The fraction of sp³-hybridized carbons (Fsp3) is 0.250. The molecule has 2 aromatic carbocycles. The second-order valence-electron chi connectivity index (χ2n) is 4.81. The molecular weight excluding hydrogens is 318 g/mol. The van der Waals surface area contributed by atoms with Gasteiger partial charge in [0.15, 0.2) is 0 Å². The zero-order valence-corrected chi connectivity index (χ0v) is 13.0. The van der Waals surface area contributed by atoms with Crippen molar-refractivity contribution in [3.8, 4) is 0 Å². The second kappa shape index (κ2) is 7.31. The molecule has 0 saturated heterocycles. The summed E-state index contributed by atoms with van der Waals surface area (Å²) in [6.07, 6.45) is 1.53. The summed E-state index contributed by atoms with van der Waals surface area (Å²) in [4.78, 5) is 0. The average Bonchev–Trinajstić information content (AvgIpc) is 2.42. The highest BCUT2D eigenvalue weighted by atomic mass is 35.5. The molecule has 0 spiro atoms. The Morgan fingerprint density at radius 2 is 1.65 bits per heavy atom. The summed E-state index contributed by atoms with van der Waals surface area (Å²) < 4.78 is 13.4. The van der Waals surface area contributed by atoms with E-state index in [0.717, 1.165) is 17.5 Å². The predicted molar refractivity (Wildman–Crippen MR) is 84.5 cm³/mol. The van der Waals surface area contributed by atoms with Gasteiger partial charge in [0.1, 0.15) is 5.82 Å². The number of rotatable bonds is 5. The van der Waals surface area contributed by atoms with Gasteiger partial charge in [-0.2, -0.15) is 0 Å². The van der Waals surface area contributed by atoms with Crippen molar-refractivity contribution < 1.29 is 4.39 Å². The highest BCUT2D eigenvalue weighted by Crippen LogP contribution is 2.21. The van der Waals surface area contributed by atoms with Crippen LogP contribution in [0.1, 0.15) is 11.1 Å². The van der Waals surface area contributed by atoms with Gasteiger partial charge in [0.25, 0.3) is 0 Å². The van der Waals surface area contributed by atoms with Crippen molar-refractivity contribution >= 4 is 34.8 Å². The average molecular weight is 332 g/mol.